The molecule has 6 heteroatoms. The van der Waals surface area contributed by atoms with Gasteiger partial charge in [0.05, 0.1) is 18.4 Å². The first-order chi connectivity index (χ1) is 9.17. The van der Waals surface area contributed by atoms with Gasteiger partial charge in [0.25, 0.3) is 0 Å². The molecule has 96 valence electrons. The highest BCUT2D eigenvalue weighted by molar-refractivity contribution is 9.10. The number of carbonyl (C=O) groups excluding carboxylic acids is 1. The van der Waals surface area contributed by atoms with Crippen molar-refractivity contribution in [3.63, 3.8) is 0 Å². The Morgan fingerprint density at radius 1 is 1.37 bits per heavy atom. The maximum absolute atomic E-state index is 11.4. The van der Waals surface area contributed by atoms with Crippen LogP contribution in [-0.4, -0.2) is 18.1 Å². The summed E-state index contributed by atoms with van der Waals surface area (Å²) < 4.78 is 11.3. The number of anilines is 2. The Labute approximate surface area is 117 Å². The van der Waals surface area contributed by atoms with Gasteiger partial charge in [0.15, 0.2) is 17.3 Å². The van der Waals surface area contributed by atoms with Crippen molar-refractivity contribution in [2.75, 3.05) is 12.4 Å². The number of methoxy groups -OCH3 is 1. The molecule has 1 N–H and O–H groups in total. The predicted molar refractivity (Wildman–Crippen MR) is 73.1 cm³/mol. The van der Waals surface area contributed by atoms with Crippen LogP contribution in [0.15, 0.2) is 34.9 Å². The summed E-state index contributed by atoms with van der Waals surface area (Å²) in [5.74, 6) is 1.30. The maximum Gasteiger partial charge on any atom is 0.339 e. The van der Waals surface area contributed by atoms with Crippen LogP contribution in [0.2, 0.25) is 0 Å². The Balaban J connectivity index is 2.00. The first-order valence-corrected chi connectivity index (χ1v) is 6.29. The molecule has 2 heterocycles. The van der Waals surface area contributed by atoms with Crippen LogP contribution in [0.25, 0.3) is 0 Å². The van der Waals surface area contributed by atoms with Gasteiger partial charge < -0.3 is 14.8 Å². The molecule has 0 radical (unpaired) electrons. The summed E-state index contributed by atoms with van der Waals surface area (Å²) >= 11 is 3.39. The number of nitrogens with one attached hydrogen (secondary N) is 1. The Hall–Kier alpha value is -2.08. The predicted octanol–water partition coefficient (Wildman–Crippen LogP) is 3.48. The number of pyridine rings is 1. The van der Waals surface area contributed by atoms with Gasteiger partial charge in [-0.25, -0.2) is 9.78 Å². The summed E-state index contributed by atoms with van der Waals surface area (Å²) in [4.78, 5) is 15.6. The molecular formula is C13H9BrN2O3. The van der Waals surface area contributed by atoms with E-state index in [0.29, 0.717) is 22.9 Å². The number of hydrogen-bond donors (Lipinski definition) is 1. The second-order valence-corrected chi connectivity index (χ2v) is 4.85. The number of hydrogen-bond acceptors (Lipinski definition) is 5. The normalized spacial score (nSPS) is 11.7. The first kappa shape index (κ1) is 12.0. The van der Waals surface area contributed by atoms with Crippen molar-refractivity contribution >= 4 is 33.4 Å². The molecule has 1 aliphatic heterocycles. The molecular weight excluding hydrogens is 312 g/mol. The molecule has 0 bridgehead atoms. The summed E-state index contributed by atoms with van der Waals surface area (Å²) in [6.45, 7) is 0. The Bertz CT molecular complexity index is 673. The standard InChI is InChI=1S/C13H9BrN2O3/c1-18-13(17)7-4-11-12(15-6-7)16-9-5-8(14)2-3-10(9)19-11/h2-6H,1H3,(H,15,16). The molecule has 0 fully saturated rings. The van der Waals surface area contributed by atoms with Gasteiger partial charge in [0.1, 0.15) is 0 Å². The van der Waals surface area contributed by atoms with E-state index in [0.717, 1.165) is 10.2 Å². The van der Waals surface area contributed by atoms with Crippen LogP contribution >= 0.6 is 15.9 Å². The van der Waals surface area contributed by atoms with Crippen molar-refractivity contribution in [1.29, 1.82) is 0 Å². The highest BCUT2D eigenvalue weighted by Crippen LogP contribution is 2.41. The number of fused-ring (bicyclic) bond motifs is 2. The second kappa shape index (κ2) is 4.55. The quantitative estimate of drug-likeness (QED) is 0.695. The molecule has 0 saturated heterocycles. The minimum absolute atomic E-state index is 0.351. The van der Waals surface area contributed by atoms with E-state index in [1.807, 2.05) is 18.2 Å². The summed E-state index contributed by atoms with van der Waals surface area (Å²) in [6.07, 6.45) is 1.45. The highest BCUT2D eigenvalue weighted by atomic mass is 79.9. The van der Waals surface area contributed by atoms with Gasteiger partial charge in [0.2, 0.25) is 0 Å². The van der Waals surface area contributed by atoms with E-state index in [4.69, 9.17) is 4.74 Å². The van der Waals surface area contributed by atoms with Crippen molar-refractivity contribution in [1.82, 2.24) is 4.98 Å². The van der Waals surface area contributed by atoms with Crippen LogP contribution in [0.1, 0.15) is 10.4 Å². The van der Waals surface area contributed by atoms with E-state index < -0.39 is 5.97 Å². The fraction of sp³-hybridized carbons (Fsp3) is 0.0769. The van der Waals surface area contributed by atoms with E-state index in [1.54, 1.807) is 6.07 Å². The van der Waals surface area contributed by atoms with Crippen LogP contribution in [0.3, 0.4) is 0 Å². The zero-order valence-electron chi connectivity index (χ0n) is 9.94. The summed E-state index contributed by atoms with van der Waals surface area (Å²) in [7, 11) is 1.33. The number of halogens is 1. The molecule has 1 aromatic carbocycles. The monoisotopic (exact) mass is 320 g/mol. The molecule has 0 spiro atoms. The van der Waals surface area contributed by atoms with Crippen LogP contribution in [0.4, 0.5) is 11.5 Å². The molecule has 1 aromatic heterocycles. The smallest absolute Gasteiger partial charge is 0.339 e. The largest absolute Gasteiger partial charge is 0.465 e. The fourth-order valence-electron chi connectivity index (χ4n) is 1.78. The van der Waals surface area contributed by atoms with Crippen molar-refractivity contribution in [2.45, 2.75) is 0 Å². The molecule has 19 heavy (non-hydrogen) atoms. The van der Waals surface area contributed by atoms with Crippen LogP contribution in [0.5, 0.6) is 11.5 Å². The number of nitrogens with zero attached hydrogens (tertiary/aromatic N) is 1. The number of benzene rings is 1. The lowest BCUT2D eigenvalue weighted by atomic mass is 10.2. The first-order valence-electron chi connectivity index (χ1n) is 5.50. The summed E-state index contributed by atoms with van der Waals surface area (Å²) in [5.41, 5.74) is 1.17. The van der Waals surface area contributed by atoms with Gasteiger partial charge in [-0.3, -0.25) is 0 Å². The van der Waals surface area contributed by atoms with Crippen molar-refractivity contribution in [2.24, 2.45) is 0 Å². The lowest BCUT2D eigenvalue weighted by Crippen LogP contribution is -2.08. The second-order valence-electron chi connectivity index (χ2n) is 3.93. The van der Waals surface area contributed by atoms with Gasteiger partial charge >= 0.3 is 5.97 Å². The molecule has 1 aliphatic rings. The Morgan fingerprint density at radius 3 is 3.00 bits per heavy atom. The maximum atomic E-state index is 11.4. The lowest BCUT2D eigenvalue weighted by molar-refractivity contribution is 0.0600. The number of esters is 1. The summed E-state index contributed by atoms with van der Waals surface area (Å²) in [6, 6.07) is 7.21. The van der Waals surface area contributed by atoms with Crippen LogP contribution < -0.4 is 10.1 Å². The zero-order valence-corrected chi connectivity index (χ0v) is 11.5. The molecule has 0 saturated carbocycles. The van der Waals surface area contributed by atoms with Gasteiger partial charge in [-0.1, -0.05) is 15.9 Å². The average Bonchev–Trinajstić information content (AvgIpc) is 2.43. The van der Waals surface area contributed by atoms with E-state index in [2.05, 4.69) is 31.0 Å². The van der Waals surface area contributed by atoms with Gasteiger partial charge in [-0.05, 0) is 18.2 Å². The number of rotatable bonds is 1. The fourth-order valence-corrected chi connectivity index (χ4v) is 2.14. The van der Waals surface area contributed by atoms with Gasteiger partial charge in [-0.2, -0.15) is 0 Å². The number of ether oxygens (including phenoxy) is 2. The van der Waals surface area contributed by atoms with Crippen LogP contribution in [-0.2, 0) is 4.74 Å². The van der Waals surface area contributed by atoms with Gasteiger partial charge in [0, 0.05) is 16.7 Å². The van der Waals surface area contributed by atoms with Crippen molar-refractivity contribution in [3.05, 3.63) is 40.5 Å². The zero-order chi connectivity index (χ0) is 13.4. The van der Waals surface area contributed by atoms with E-state index in [9.17, 15) is 4.79 Å². The molecule has 3 rings (SSSR count). The average molecular weight is 321 g/mol. The molecule has 0 amide bonds. The Morgan fingerprint density at radius 2 is 2.21 bits per heavy atom. The highest BCUT2D eigenvalue weighted by Gasteiger charge is 2.19. The number of carbonyl (C=O) groups is 1. The third-order valence-electron chi connectivity index (χ3n) is 2.69. The lowest BCUT2D eigenvalue weighted by Gasteiger charge is -2.21. The topological polar surface area (TPSA) is 60.5 Å². The molecule has 2 aromatic rings. The van der Waals surface area contributed by atoms with Crippen molar-refractivity contribution < 1.29 is 14.3 Å². The molecule has 5 nitrogen and oxygen atoms in total. The Kier molecular flexibility index (Phi) is 2.87. The number of aromatic nitrogens is 1. The van der Waals surface area contributed by atoms with Crippen molar-refractivity contribution in [3.8, 4) is 11.5 Å². The third-order valence-corrected chi connectivity index (χ3v) is 3.18. The van der Waals surface area contributed by atoms with E-state index in [-0.39, 0.29) is 0 Å². The minimum atomic E-state index is -0.444. The summed E-state index contributed by atoms with van der Waals surface area (Å²) in [5, 5.41) is 3.15. The van der Waals surface area contributed by atoms with E-state index >= 15 is 0 Å². The molecule has 0 atom stereocenters. The SMILES string of the molecule is COC(=O)c1cnc2c(c1)Oc1ccc(Br)cc1N2. The van der Waals surface area contributed by atoms with Crippen LogP contribution in [0, 0.1) is 0 Å². The minimum Gasteiger partial charge on any atom is -0.465 e. The van der Waals surface area contributed by atoms with Gasteiger partial charge in [-0.15, -0.1) is 0 Å². The van der Waals surface area contributed by atoms with E-state index in [1.165, 1.54) is 13.3 Å². The molecule has 0 aliphatic carbocycles. The third kappa shape index (κ3) is 2.15. The molecule has 0 unspecified atom stereocenters.